The van der Waals surface area contributed by atoms with E-state index in [4.69, 9.17) is 15.6 Å². The molecule has 0 bridgehead atoms. The van der Waals surface area contributed by atoms with Crippen molar-refractivity contribution >= 4 is 51.2 Å². The van der Waals surface area contributed by atoms with Crippen LogP contribution in [0.5, 0.6) is 11.5 Å². The minimum absolute atomic E-state index is 0.297. The van der Waals surface area contributed by atoms with Crippen LogP contribution in [-0.4, -0.2) is 17.1 Å². The third kappa shape index (κ3) is 4.57. The van der Waals surface area contributed by atoms with Gasteiger partial charge in [0.05, 0.1) is 7.14 Å². The van der Waals surface area contributed by atoms with Crippen molar-refractivity contribution in [1.82, 2.24) is 0 Å². The summed E-state index contributed by atoms with van der Waals surface area (Å²) in [6, 6.07) is 8.92. The number of carboxylic acid groups (broad SMARTS) is 1. The van der Waals surface area contributed by atoms with E-state index < -0.39 is 12.0 Å². The molecule has 0 amide bonds. The summed E-state index contributed by atoms with van der Waals surface area (Å²) in [7, 11) is 0. The van der Waals surface area contributed by atoms with E-state index in [1.807, 2.05) is 31.2 Å². The van der Waals surface area contributed by atoms with Gasteiger partial charge in [0.1, 0.15) is 11.8 Å². The second kappa shape index (κ2) is 7.80. The first-order valence-corrected chi connectivity index (χ1v) is 9.15. The third-order valence-electron chi connectivity index (χ3n) is 3.60. The quantitative estimate of drug-likeness (QED) is 0.560. The van der Waals surface area contributed by atoms with Crippen molar-refractivity contribution in [2.45, 2.75) is 26.3 Å². The number of benzene rings is 2. The Labute approximate surface area is 162 Å². The number of carbonyl (C=O) groups is 1. The fourth-order valence-corrected chi connectivity index (χ4v) is 4.23. The van der Waals surface area contributed by atoms with Gasteiger partial charge in [-0.25, -0.2) is 0 Å². The molecule has 3 N–H and O–H groups in total. The van der Waals surface area contributed by atoms with Gasteiger partial charge in [-0.05, 0) is 100 Å². The molecule has 0 radical (unpaired) electrons. The number of hydrogen-bond acceptors (Lipinski definition) is 3. The van der Waals surface area contributed by atoms with E-state index in [1.165, 1.54) is 5.56 Å². The maximum Gasteiger partial charge on any atom is 0.320 e. The highest BCUT2D eigenvalue weighted by molar-refractivity contribution is 14.1. The minimum atomic E-state index is -0.995. The monoisotopic (exact) mass is 537 g/mol. The van der Waals surface area contributed by atoms with Crippen LogP contribution in [0.1, 0.15) is 16.7 Å². The fourth-order valence-electron chi connectivity index (χ4n) is 2.11. The first-order valence-electron chi connectivity index (χ1n) is 7.00. The summed E-state index contributed by atoms with van der Waals surface area (Å²) in [5.41, 5.74) is 8.79. The first kappa shape index (κ1) is 18.5. The maximum atomic E-state index is 10.9. The van der Waals surface area contributed by atoms with Crippen LogP contribution in [0.2, 0.25) is 0 Å². The summed E-state index contributed by atoms with van der Waals surface area (Å²) >= 11 is 4.41. The van der Waals surface area contributed by atoms with E-state index in [0.29, 0.717) is 6.42 Å². The van der Waals surface area contributed by atoms with Crippen LogP contribution in [-0.2, 0) is 11.2 Å². The molecule has 1 atom stereocenters. The van der Waals surface area contributed by atoms with Gasteiger partial charge in [0.2, 0.25) is 0 Å². The van der Waals surface area contributed by atoms with Crippen molar-refractivity contribution in [3.63, 3.8) is 0 Å². The Bertz CT molecular complexity index is 724. The zero-order valence-corrected chi connectivity index (χ0v) is 17.1. The molecular formula is C17H17I2NO3. The van der Waals surface area contributed by atoms with E-state index in [1.54, 1.807) is 0 Å². The molecule has 2 rings (SSSR count). The van der Waals surface area contributed by atoms with Crippen molar-refractivity contribution in [3.05, 3.63) is 54.2 Å². The highest BCUT2D eigenvalue weighted by atomic mass is 127. The zero-order chi connectivity index (χ0) is 17.1. The molecule has 6 heteroatoms. The van der Waals surface area contributed by atoms with Gasteiger partial charge < -0.3 is 15.6 Å². The molecule has 0 spiro atoms. The predicted octanol–water partition coefficient (Wildman–Crippen LogP) is 4.26. The van der Waals surface area contributed by atoms with Crippen LogP contribution < -0.4 is 10.5 Å². The van der Waals surface area contributed by atoms with E-state index in [-0.39, 0.29) is 0 Å². The van der Waals surface area contributed by atoms with Gasteiger partial charge >= 0.3 is 5.97 Å². The average molecular weight is 537 g/mol. The van der Waals surface area contributed by atoms with Crippen LogP contribution in [0, 0.1) is 21.0 Å². The Morgan fingerprint density at radius 1 is 1.26 bits per heavy atom. The van der Waals surface area contributed by atoms with Crippen molar-refractivity contribution in [2.75, 3.05) is 0 Å². The molecule has 2 aromatic carbocycles. The van der Waals surface area contributed by atoms with E-state index >= 15 is 0 Å². The minimum Gasteiger partial charge on any atom is -0.480 e. The maximum absolute atomic E-state index is 10.9. The molecule has 2 aromatic rings. The standard InChI is InChI=1S/C17H17I2NO3/c1-9-4-3-5-15(10(9)2)23-16-12(18)6-11(7-13(16)19)8-14(20)17(21)22/h3-7,14H,8,20H2,1-2H3,(H,21,22). The summed E-state index contributed by atoms with van der Waals surface area (Å²) in [5, 5.41) is 8.93. The topological polar surface area (TPSA) is 72.5 Å². The predicted molar refractivity (Wildman–Crippen MR) is 107 cm³/mol. The van der Waals surface area contributed by atoms with Crippen molar-refractivity contribution in [1.29, 1.82) is 0 Å². The van der Waals surface area contributed by atoms with Gasteiger partial charge in [-0.1, -0.05) is 12.1 Å². The second-order valence-corrected chi connectivity index (χ2v) is 7.66. The molecule has 0 fully saturated rings. The summed E-state index contributed by atoms with van der Waals surface area (Å²) in [6.07, 6.45) is 0.297. The van der Waals surface area contributed by atoms with Crippen LogP contribution in [0.25, 0.3) is 0 Å². The number of nitrogens with two attached hydrogens (primary N) is 1. The number of ether oxygens (including phenoxy) is 1. The number of rotatable bonds is 5. The lowest BCUT2D eigenvalue weighted by Gasteiger charge is -2.15. The summed E-state index contributed by atoms with van der Waals surface area (Å²) < 4.78 is 7.96. The van der Waals surface area contributed by atoms with Gasteiger partial charge in [-0.15, -0.1) is 0 Å². The van der Waals surface area contributed by atoms with Crippen LogP contribution in [0.15, 0.2) is 30.3 Å². The Balaban J connectivity index is 2.30. The molecule has 23 heavy (non-hydrogen) atoms. The van der Waals surface area contributed by atoms with E-state index in [9.17, 15) is 4.79 Å². The number of carboxylic acids is 1. The van der Waals surface area contributed by atoms with Gasteiger partial charge in [0.15, 0.2) is 5.75 Å². The molecule has 0 saturated carbocycles. The van der Waals surface area contributed by atoms with Crippen LogP contribution in [0.4, 0.5) is 0 Å². The molecular weight excluding hydrogens is 520 g/mol. The van der Waals surface area contributed by atoms with Gasteiger partial charge in [-0.2, -0.15) is 0 Å². The van der Waals surface area contributed by atoms with Crippen LogP contribution in [0.3, 0.4) is 0 Å². The Kier molecular flexibility index (Phi) is 6.26. The number of hydrogen-bond donors (Lipinski definition) is 2. The molecule has 0 aromatic heterocycles. The molecule has 122 valence electrons. The highest BCUT2D eigenvalue weighted by Gasteiger charge is 2.16. The smallest absolute Gasteiger partial charge is 0.320 e. The van der Waals surface area contributed by atoms with Crippen molar-refractivity contribution in [2.24, 2.45) is 5.73 Å². The molecule has 4 nitrogen and oxygen atoms in total. The molecule has 0 heterocycles. The lowest BCUT2D eigenvalue weighted by molar-refractivity contribution is -0.138. The third-order valence-corrected chi connectivity index (χ3v) is 5.20. The van der Waals surface area contributed by atoms with E-state index in [0.717, 1.165) is 29.8 Å². The average Bonchev–Trinajstić information content (AvgIpc) is 2.47. The summed E-state index contributed by atoms with van der Waals surface area (Å²) in [6.45, 7) is 4.08. The van der Waals surface area contributed by atoms with E-state index in [2.05, 4.69) is 58.2 Å². The largest absolute Gasteiger partial charge is 0.480 e. The number of aliphatic carboxylic acids is 1. The SMILES string of the molecule is Cc1cccc(Oc2c(I)cc(CC(N)C(=O)O)cc2I)c1C. The lowest BCUT2D eigenvalue weighted by atomic mass is 10.1. The Morgan fingerprint density at radius 3 is 2.43 bits per heavy atom. The molecule has 0 saturated heterocycles. The normalized spacial score (nSPS) is 12.0. The lowest BCUT2D eigenvalue weighted by Crippen LogP contribution is -2.32. The molecule has 0 aliphatic rings. The summed E-state index contributed by atoms with van der Waals surface area (Å²) in [5.74, 6) is 0.620. The Hall–Kier alpha value is -0.870. The van der Waals surface area contributed by atoms with Crippen molar-refractivity contribution in [3.8, 4) is 11.5 Å². The molecule has 0 aliphatic heterocycles. The summed E-state index contributed by atoms with van der Waals surface area (Å²) in [4.78, 5) is 10.9. The number of aryl methyl sites for hydroxylation is 1. The fraction of sp³-hybridized carbons (Fsp3) is 0.235. The highest BCUT2D eigenvalue weighted by Crippen LogP contribution is 2.35. The molecule has 0 aliphatic carbocycles. The van der Waals surface area contributed by atoms with Gasteiger partial charge in [-0.3, -0.25) is 4.79 Å². The Morgan fingerprint density at radius 2 is 1.87 bits per heavy atom. The zero-order valence-electron chi connectivity index (χ0n) is 12.8. The number of halogens is 2. The first-order chi connectivity index (χ1) is 10.8. The van der Waals surface area contributed by atoms with Gasteiger partial charge in [0, 0.05) is 0 Å². The van der Waals surface area contributed by atoms with Crippen LogP contribution >= 0.6 is 45.2 Å². The molecule has 1 unspecified atom stereocenters. The van der Waals surface area contributed by atoms with Crippen molar-refractivity contribution < 1.29 is 14.6 Å². The second-order valence-electron chi connectivity index (χ2n) is 5.34. The van der Waals surface area contributed by atoms with Gasteiger partial charge in [0.25, 0.3) is 0 Å².